The molecule has 0 aromatic heterocycles. The van der Waals surface area contributed by atoms with E-state index >= 15 is 0 Å². The van der Waals surface area contributed by atoms with Gasteiger partial charge in [-0.1, -0.05) is 15.9 Å². The maximum absolute atomic E-state index is 12.4. The summed E-state index contributed by atoms with van der Waals surface area (Å²) in [5.41, 5.74) is 0.635. The zero-order chi connectivity index (χ0) is 18.0. The molecule has 9 heteroatoms. The molecule has 1 aliphatic rings. The van der Waals surface area contributed by atoms with Gasteiger partial charge in [0.2, 0.25) is 13.0 Å². The minimum atomic E-state index is -0.628. The predicted octanol–water partition coefficient (Wildman–Crippen LogP) is 4.41. The summed E-state index contributed by atoms with van der Waals surface area (Å²) in [6.07, 6.45) is 2.02. The minimum Gasteiger partial charge on any atom is -0.454 e. The maximum atomic E-state index is 12.4. The Kier molecular flexibility index (Phi) is 5.05. The van der Waals surface area contributed by atoms with Crippen LogP contribution in [0, 0.1) is 10.1 Å². The zero-order valence-corrected chi connectivity index (χ0v) is 15.6. The van der Waals surface area contributed by atoms with E-state index in [1.807, 2.05) is 0 Å². The van der Waals surface area contributed by atoms with Gasteiger partial charge in [-0.05, 0) is 46.3 Å². The Hall–Kier alpha value is -2.39. The number of nitro groups is 1. The Morgan fingerprint density at radius 2 is 1.96 bits per heavy atom. The molecular formula is C16H9Br2NO6. The van der Waals surface area contributed by atoms with Crippen molar-refractivity contribution >= 4 is 43.9 Å². The predicted molar refractivity (Wildman–Crippen MR) is 95.4 cm³/mol. The molecule has 0 spiro atoms. The third-order valence-electron chi connectivity index (χ3n) is 3.22. The van der Waals surface area contributed by atoms with Crippen LogP contribution in [0.15, 0.2) is 45.5 Å². The second kappa shape index (κ2) is 7.24. The SMILES string of the molecule is O=C(Oc1c(Br)cc(Br)cc1/C=C/[N+](=O)[O-])c1ccc2c(c1)OCO2. The molecule has 2 aromatic carbocycles. The molecule has 0 N–H and O–H groups in total. The Labute approximate surface area is 158 Å². The molecule has 1 heterocycles. The number of ether oxygens (including phenoxy) is 3. The lowest BCUT2D eigenvalue weighted by molar-refractivity contribution is -0.400. The van der Waals surface area contributed by atoms with Crippen LogP contribution in [-0.4, -0.2) is 17.7 Å². The topological polar surface area (TPSA) is 87.9 Å². The second-order valence-electron chi connectivity index (χ2n) is 4.86. The van der Waals surface area contributed by atoms with Gasteiger partial charge in [0.1, 0.15) is 0 Å². The highest BCUT2D eigenvalue weighted by molar-refractivity contribution is 9.11. The van der Waals surface area contributed by atoms with Crippen LogP contribution in [0.3, 0.4) is 0 Å². The van der Waals surface area contributed by atoms with E-state index in [0.29, 0.717) is 26.0 Å². The molecule has 0 bridgehead atoms. The van der Waals surface area contributed by atoms with Crippen LogP contribution in [0.5, 0.6) is 17.2 Å². The summed E-state index contributed by atoms with van der Waals surface area (Å²) in [5.74, 6) is 0.551. The first-order chi connectivity index (χ1) is 11.9. The molecule has 128 valence electrons. The first-order valence-electron chi connectivity index (χ1n) is 6.86. The molecule has 1 aliphatic heterocycles. The van der Waals surface area contributed by atoms with Crippen LogP contribution >= 0.6 is 31.9 Å². The third kappa shape index (κ3) is 3.99. The highest BCUT2D eigenvalue weighted by atomic mass is 79.9. The number of fused-ring (bicyclic) bond motifs is 1. The zero-order valence-electron chi connectivity index (χ0n) is 12.4. The second-order valence-corrected chi connectivity index (χ2v) is 6.63. The van der Waals surface area contributed by atoms with E-state index in [1.165, 1.54) is 12.1 Å². The fraction of sp³-hybridized carbons (Fsp3) is 0.0625. The van der Waals surface area contributed by atoms with Crippen molar-refractivity contribution in [1.29, 1.82) is 0 Å². The number of hydrogen-bond donors (Lipinski definition) is 0. The summed E-state index contributed by atoms with van der Waals surface area (Å²) in [6, 6.07) is 7.96. The van der Waals surface area contributed by atoms with Crippen molar-refractivity contribution in [3.63, 3.8) is 0 Å². The minimum absolute atomic E-state index is 0.0991. The quantitative estimate of drug-likeness (QED) is 0.284. The van der Waals surface area contributed by atoms with E-state index in [1.54, 1.807) is 24.3 Å². The molecule has 0 amide bonds. The van der Waals surface area contributed by atoms with Crippen molar-refractivity contribution in [3.05, 3.63) is 66.7 Å². The van der Waals surface area contributed by atoms with Crippen LogP contribution in [0.1, 0.15) is 15.9 Å². The van der Waals surface area contributed by atoms with Crippen molar-refractivity contribution in [2.24, 2.45) is 0 Å². The summed E-state index contributed by atoms with van der Waals surface area (Å²) in [7, 11) is 0. The molecule has 3 rings (SSSR count). The Balaban J connectivity index is 1.91. The van der Waals surface area contributed by atoms with Crippen molar-refractivity contribution in [3.8, 4) is 17.2 Å². The van der Waals surface area contributed by atoms with Crippen LogP contribution in [0.4, 0.5) is 0 Å². The Morgan fingerprint density at radius 3 is 2.72 bits per heavy atom. The van der Waals surface area contributed by atoms with Gasteiger partial charge in [0.25, 0.3) is 0 Å². The van der Waals surface area contributed by atoms with Crippen molar-refractivity contribution in [1.82, 2.24) is 0 Å². The summed E-state index contributed by atoms with van der Waals surface area (Å²) in [4.78, 5) is 22.4. The van der Waals surface area contributed by atoms with E-state index in [-0.39, 0.29) is 18.1 Å². The van der Waals surface area contributed by atoms with Gasteiger partial charge >= 0.3 is 5.97 Å². The highest BCUT2D eigenvalue weighted by Gasteiger charge is 2.19. The van der Waals surface area contributed by atoms with Gasteiger partial charge in [0.05, 0.1) is 15.0 Å². The lowest BCUT2D eigenvalue weighted by Gasteiger charge is -2.10. The first-order valence-corrected chi connectivity index (χ1v) is 8.45. The van der Waals surface area contributed by atoms with E-state index in [9.17, 15) is 14.9 Å². The van der Waals surface area contributed by atoms with Gasteiger partial charge < -0.3 is 14.2 Å². The monoisotopic (exact) mass is 469 g/mol. The van der Waals surface area contributed by atoms with E-state index in [2.05, 4.69) is 31.9 Å². The number of carbonyl (C=O) groups excluding carboxylic acids is 1. The summed E-state index contributed by atoms with van der Waals surface area (Å²) < 4.78 is 17.0. The molecule has 0 atom stereocenters. The molecule has 0 saturated carbocycles. The normalized spacial score (nSPS) is 12.4. The molecule has 0 aliphatic carbocycles. The van der Waals surface area contributed by atoms with Crippen LogP contribution in [0.25, 0.3) is 6.08 Å². The number of halogens is 2. The number of esters is 1. The molecule has 0 unspecified atom stereocenters. The maximum Gasteiger partial charge on any atom is 0.343 e. The number of rotatable bonds is 4. The fourth-order valence-electron chi connectivity index (χ4n) is 2.13. The Morgan fingerprint density at radius 1 is 1.20 bits per heavy atom. The van der Waals surface area contributed by atoms with E-state index < -0.39 is 10.9 Å². The van der Waals surface area contributed by atoms with Gasteiger partial charge in [0.15, 0.2) is 17.2 Å². The summed E-state index contributed by atoms with van der Waals surface area (Å²) >= 11 is 6.59. The smallest absolute Gasteiger partial charge is 0.343 e. The summed E-state index contributed by atoms with van der Waals surface area (Å²) in [5, 5.41) is 10.6. The standard InChI is InChI=1S/C16H9Br2NO6/c17-11-5-9(3-4-19(21)22)15(12(18)7-11)25-16(20)10-1-2-13-14(6-10)24-8-23-13/h1-7H,8H2/b4-3+. The van der Waals surface area contributed by atoms with E-state index in [0.717, 1.165) is 6.20 Å². The van der Waals surface area contributed by atoms with E-state index in [4.69, 9.17) is 14.2 Å². The lowest BCUT2D eigenvalue weighted by atomic mass is 10.2. The molecule has 25 heavy (non-hydrogen) atoms. The average molecular weight is 471 g/mol. The first kappa shape index (κ1) is 17.4. The number of nitrogens with zero attached hydrogens (tertiary/aromatic N) is 1. The van der Waals surface area contributed by atoms with Gasteiger partial charge in [-0.25, -0.2) is 4.79 Å². The highest BCUT2D eigenvalue weighted by Crippen LogP contribution is 2.36. The Bertz CT molecular complexity index is 896. The van der Waals surface area contributed by atoms with Gasteiger partial charge in [0, 0.05) is 16.1 Å². The molecule has 2 aromatic rings. The molecule has 0 radical (unpaired) electrons. The largest absolute Gasteiger partial charge is 0.454 e. The van der Waals surface area contributed by atoms with Crippen LogP contribution in [0.2, 0.25) is 0 Å². The van der Waals surface area contributed by atoms with Gasteiger partial charge in [-0.15, -0.1) is 0 Å². The summed E-state index contributed by atoms with van der Waals surface area (Å²) in [6.45, 7) is 0.0991. The van der Waals surface area contributed by atoms with Crippen LogP contribution in [-0.2, 0) is 0 Å². The number of hydrogen-bond acceptors (Lipinski definition) is 6. The molecule has 7 nitrogen and oxygen atoms in total. The average Bonchev–Trinajstić information content (AvgIpc) is 3.02. The van der Waals surface area contributed by atoms with Crippen molar-refractivity contribution < 1.29 is 23.9 Å². The van der Waals surface area contributed by atoms with Crippen molar-refractivity contribution in [2.45, 2.75) is 0 Å². The van der Waals surface area contributed by atoms with Gasteiger partial charge in [-0.3, -0.25) is 10.1 Å². The van der Waals surface area contributed by atoms with Crippen molar-refractivity contribution in [2.75, 3.05) is 6.79 Å². The lowest BCUT2D eigenvalue weighted by Crippen LogP contribution is -2.10. The number of benzene rings is 2. The fourth-order valence-corrected chi connectivity index (χ4v) is 3.47. The van der Waals surface area contributed by atoms with Gasteiger partial charge in [-0.2, -0.15) is 0 Å². The molecule has 0 saturated heterocycles. The number of carbonyl (C=O) groups is 1. The van der Waals surface area contributed by atoms with Crippen LogP contribution < -0.4 is 14.2 Å². The molecule has 0 fully saturated rings. The molecular weight excluding hydrogens is 462 g/mol. The third-order valence-corrected chi connectivity index (χ3v) is 4.26.